The second kappa shape index (κ2) is 8.14. The Kier molecular flexibility index (Phi) is 6.79. The SMILES string of the molecule is CC(NC(=O)C(N)c1ccccc1)C(C)(C)c1ccccc1.Cl. The van der Waals surface area contributed by atoms with Crippen LogP contribution in [0.2, 0.25) is 0 Å². The number of hydrogen-bond acceptors (Lipinski definition) is 2. The van der Waals surface area contributed by atoms with E-state index in [1.807, 2.05) is 55.5 Å². The lowest BCUT2D eigenvalue weighted by Crippen LogP contribution is -2.48. The Hall–Kier alpha value is -1.84. The molecule has 0 aromatic heterocycles. The molecule has 2 aromatic carbocycles. The first-order valence-electron chi connectivity index (χ1n) is 7.59. The molecule has 0 radical (unpaired) electrons. The molecular formula is C19H25ClN2O. The third-order valence-corrected chi connectivity index (χ3v) is 4.40. The van der Waals surface area contributed by atoms with Crippen LogP contribution >= 0.6 is 12.4 Å². The fourth-order valence-electron chi connectivity index (χ4n) is 2.41. The molecular weight excluding hydrogens is 308 g/mol. The first-order chi connectivity index (χ1) is 10.4. The van der Waals surface area contributed by atoms with Crippen molar-refractivity contribution in [2.45, 2.75) is 38.3 Å². The van der Waals surface area contributed by atoms with Crippen LogP contribution in [-0.4, -0.2) is 11.9 Å². The monoisotopic (exact) mass is 332 g/mol. The van der Waals surface area contributed by atoms with Crippen LogP contribution in [0.4, 0.5) is 0 Å². The van der Waals surface area contributed by atoms with Gasteiger partial charge in [0.25, 0.3) is 0 Å². The number of amides is 1. The van der Waals surface area contributed by atoms with Crippen LogP contribution in [0, 0.1) is 0 Å². The second-order valence-corrected chi connectivity index (χ2v) is 6.21. The lowest BCUT2D eigenvalue weighted by molar-refractivity contribution is -0.123. The normalized spacial score (nSPS) is 13.6. The maximum absolute atomic E-state index is 12.4. The molecule has 3 nitrogen and oxygen atoms in total. The molecule has 124 valence electrons. The van der Waals surface area contributed by atoms with Gasteiger partial charge in [-0.15, -0.1) is 12.4 Å². The zero-order valence-corrected chi connectivity index (χ0v) is 14.6. The van der Waals surface area contributed by atoms with Crippen LogP contribution in [0.1, 0.15) is 37.9 Å². The van der Waals surface area contributed by atoms with Gasteiger partial charge in [0.1, 0.15) is 6.04 Å². The highest BCUT2D eigenvalue weighted by atomic mass is 35.5. The fraction of sp³-hybridized carbons (Fsp3) is 0.316. The van der Waals surface area contributed by atoms with E-state index in [9.17, 15) is 4.79 Å². The standard InChI is InChI=1S/C19H24N2O.ClH/c1-14(19(2,3)16-12-8-5-9-13-16)21-18(22)17(20)15-10-6-4-7-11-15;/h4-14,17H,20H2,1-3H3,(H,21,22);1H. The third-order valence-electron chi connectivity index (χ3n) is 4.40. The highest BCUT2D eigenvalue weighted by molar-refractivity contribution is 5.85. The maximum Gasteiger partial charge on any atom is 0.241 e. The quantitative estimate of drug-likeness (QED) is 0.879. The van der Waals surface area contributed by atoms with Gasteiger partial charge in [0.15, 0.2) is 0 Å². The molecule has 0 aliphatic rings. The summed E-state index contributed by atoms with van der Waals surface area (Å²) in [5.41, 5.74) is 7.90. The summed E-state index contributed by atoms with van der Waals surface area (Å²) in [6, 6.07) is 19.0. The summed E-state index contributed by atoms with van der Waals surface area (Å²) in [5, 5.41) is 3.05. The molecule has 0 saturated carbocycles. The van der Waals surface area contributed by atoms with E-state index in [1.165, 1.54) is 5.56 Å². The number of carbonyl (C=O) groups excluding carboxylic acids is 1. The molecule has 1 amide bonds. The minimum Gasteiger partial charge on any atom is -0.351 e. The molecule has 0 spiro atoms. The van der Waals surface area contributed by atoms with Gasteiger partial charge in [0, 0.05) is 11.5 Å². The minimum atomic E-state index is -0.643. The number of rotatable bonds is 5. The van der Waals surface area contributed by atoms with Gasteiger partial charge in [-0.2, -0.15) is 0 Å². The van der Waals surface area contributed by atoms with Gasteiger partial charge < -0.3 is 11.1 Å². The van der Waals surface area contributed by atoms with E-state index in [-0.39, 0.29) is 29.8 Å². The van der Waals surface area contributed by atoms with Crippen molar-refractivity contribution in [1.82, 2.24) is 5.32 Å². The second-order valence-electron chi connectivity index (χ2n) is 6.21. The first kappa shape index (κ1) is 19.2. The average Bonchev–Trinajstić information content (AvgIpc) is 2.55. The zero-order chi connectivity index (χ0) is 16.2. The number of nitrogens with two attached hydrogens (primary N) is 1. The topological polar surface area (TPSA) is 55.1 Å². The van der Waals surface area contributed by atoms with E-state index < -0.39 is 6.04 Å². The van der Waals surface area contributed by atoms with Crippen LogP contribution < -0.4 is 11.1 Å². The van der Waals surface area contributed by atoms with E-state index in [0.29, 0.717) is 0 Å². The van der Waals surface area contributed by atoms with E-state index in [4.69, 9.17) is 5.73 Å². The number of benzene rings is 2. The molecule has 3 N–H and O–H groups in total. The molecule has 0 bridgehead atoms. The molecule has 0 heterocycles. The van der Waals surface area contributed by atoms with Crippen LogP contribution in [0.25, 0.3) is 0 Å². The predicted octanol–water partition coefficient (Wildman–Crippen LogP) is 3.59. The Morgan fingerprint density at radius 2 is 1.48 bits per heavy atom. The number of carbonyl (C=O) groups is 1. The highest BCUT2D eigenvalue weighted by Crippen LogP contribution is 2.27. The van der Waals surface area contributed by atoms with E-state index in [2.05, 4.69) is 31.3 Å². The van der Waals surface area contributed by atoms with Gasteiger partial charge in [0.05, 0.1) is 0 Å². The molecule has 23 heavy (non-hydrogen) atoms. The van der Waals surface area contributed by atoms with Crippen LogP contribution in [0.5, 0.6) is 0 Å². The summed E-state index contributed by atoms with van der Waals surface area (Å²) < 4.78 is 0. The molecule has 0 aliphatic carbocycles. The van der Waals surface area contributed by atoms with Crippen LogP contribution in [-0.2, 0) is 10.2 Å². The predicted molar refractivity (Wildman–Crippen MR) is 97.7 cm³/mol. The first-order valence-corrected chi connectivity index (χ1v) is 7.59. The van der Waals surface area contributed by atoms with Crippen LogP contribution in [0.3, 0.4) is 0 Å². The molecule has 2 unspecified atom stereocenters. The lowest BCUT2D eigenvalue weighted by Gasteiger charge is -2.33. The van der Waals surface area contributed by atoms with Gasteiger partial charge in [-0.05, 0) is 18.1 Å². The van der Waals surface area contributed by atoms with Crippen molar-refractivity contribution in [3.8, 4) is 0 Å². The van der Waals surface area contributed by atoms with Gasteiger partial charge in [-0.25, -0.2) is 0 Å². The number of halogens is 1. The smallest absolute Gasteiger partial charge is 0.241 e. The molecule has 2 atom stereocenters. The maximum atomic E-state index is 12.4. The molecule has 2 rings (SSSR count). The Labute approximate surface area is 144 Å². The third kappa shape index (κ3) is 4.57. The number of nitrogens with one attached hydrogen (secondary N) is 1. The Bertz CT molecular complexity index is 614. The molecule has 2 aromatic rings. The van der Waals surface area contributed by atoms with Gasteiger partial charge in [-0.3, -0.25) is 4.79 Å². The fourth-order valence-corrected chi connectivity index (χ4v) is 2.41. The molecule has 0 saturated heterocycles. The summed E-state index contributed by atoms with van der Waals surface area (Å²) in [5.74, 6) is -0.150. The van der Waals surface area contributed by atoms with E-state index >= 15 is 0 Å². The van der Waals surface area contributed by atoms with Crippen molar-refractivity contribution in [3.63, 3.8) is 0 Å². The summed E-state index contributed by atoms with van der Waals surface area (Å²) in [4.78, 5) is 12.4. The summed E-state index contributed by atoms with van der Waals surface area (Å²) >= 11 is 0. The van der Waals surface area contributed by atoms with Crippen molar-refractivity contribution in [1.29, 1.82) is 0 Å². The van der Waals surface area contributed by atoms with Gasteiger partial charge in [-0.1, -0.05) is 74.5 Å². The lowest BCUT2D eigenvalue weighted by atomic mass is 9.78. The molecule has 4 heteroatoms. The minimum absolute atomic E-state index is 0. The van der Waals surface area contributed by atoms with Gasteiger partial charge in [0.2, 0.25) is 5.91 Å². The van der Waals surface area contributed by atoms with E-state index in [1.54, 1.807) is 0 Å². The molecule has 0 aliphatic heterocycles. The average molecular weight is 333 g/mol. The number of hydrogen-bond donors (Lipinski definition) is 2. The van der Waals surface area contributed by atoms with Crippen molar-refractivity contribution in [3.05, 3.63) is 71.8 Å². The van der Waals surface area contributed by atoms with Crippen molar-refractivity contribution < 1.29 is 4.79 Å². The van der Waals surface area contributed by atoms with Gasteiger partial charge >= 0.3 is 0 Å². The van der Waals surface area contributed by atoms with Crippen molar-refractivity contribution in [2.24, 2.45) is 5.73 Å². The van der Waals surface area contributed by atoms with E-state index in [0.717, 1.165) is 5.56 Å². The molecule has 0 fully saturated rings. The Balaban J connectivity index is 0.00000264. The summed E-state index contributed by atoms with van der Waals surface area (Å²) in [6.45, 7) is 6.27. The van der Waals surface area contributed by atoms with Crippen molar-refractivity contribution in [2.75, 3.05) is 0 Å². The van der Waals surface area contributed by atoms with Crippen molar-refractivity contribution >= 4 is 18.3 Å². The zero-order valence-electron chi connectivity index (χ0n) is 13.8. The summed E-state index contributed by atoms with van der Waals surface area (Å²) in [7, 11) is 0. The Morgan fingerprint density at radius 3 is 2.00 bits per heavy atom. The summed E-state index contributed by atoms with van der Waals surface area (Å²) in [6.07, 6.45) is 0. The Morgan fingerprint density at radius 1 is 1.00 bits per heavy atom. The largest absolute Gasteiger partial charge is 0.351 e. The van der Waals surface area contributed by atoms with Crippen LogP contribution in [0.15, 0.2) is 60.7 Å². The highest BCUT2D eigenvalue weighted by Gasteiger charge is 2.30.